The Morgan fingerprint density at radius 1 is 1.41 bits per heavy atom. The van der Waals surface area contributed by atoms with E-state index in [2.05, 4.69) is 9.89 Å². The Morgan fingerprint density at radius 2 is 2.12 bits per heavy atom. The highest BCUT2D eigenvalue weighted by Gasteiger charge is 2.32. The maximum Gasteiger partial charge on any atom is 0.573 e. The Morgan fingerprint density at radius 3 is 2.65 bits per heavy atom. The lowest BCUT2D eigenvalue weighted by atomic mass is 10.1. The number of nitrogens with zero attached hydrogens (tertiary/aromatic N) is 1. The van der Waals surface area contributed by atoms with Crippen LogP contribution in [0.2, 0.25) is 0 Å². The highest BCUT2D eigenvalue weighted by Crippen LogP contribution is 2.26. The van der Waals surface area contributed by atoms with Crippen molar-refractivity contribution in [2.24, 2.45) is 5.16 Å². The topological polar surface area (TPSA) is 51.0 Å². The van der Waals surface area contributed by atoms with Gasteiger partial charge in [0.25, 0.3) is 0 Å². The third-order valence-corrected chi connectivity index (χ3v) is 1.81. The Hall–Kier alpha value is -1.76. The molecule has 7 heteroatoms. The lowest BCUT2D eigenvalue weighted by Crippen LogP contribution is -2.18. The average Bonchev–Trinajstić information content (AvgIpc) is 2.21. The summed E-state index contributed by atoms with van der Waals surface area (Å²) in [5.41, 5.74) is 0.649. The number of oxime groups is 1. The third-order valence-electron chi connectivity index (χ3n) is 1.81. The van der Waals surface area contributed by atoms with Crippen LogP contribution in [0, 0.1) is 0 Å². The van der Waals surface area contributed by atoms with E-state index in [1.54, 1.807) is 0 Å². The summed E-state index contributed by atoms with van der Waals surface area (Å²) in [7, 11) is 1.46. The van der Waals surface area contributed by atoms with Gasteiger partial charge in [0.05, 0.1) is 12.8 Å². The first-order valence-electron chi connectivity index (χ1n) is 4.51. The quantitative estimate of drug-likeness (QED) is 0.506. The van der Waals surface area contributed by atoms with Gasteiger partial charge >= 0.3 is 6.36 Å². The Kier molecular flexibility index (Phi) is 4.33. The van der Waals surface area contributed by atoms with E-state index in [0.717, 1.165) is 12.3 Å². The molecule has 0 aliphatic carbocycles. The van der Waals surface area contributed by atoms with Crippen LogP contribution >= 0.6 is 0 Å². The van der Waals surface area contributed by atoms with Gasteiger partial charge in [0.1, 0.15) is 5.75 Å². The summed E-state index contributed by atoms with van der Waals surface area (Å²) in [6.45, 7) is 0.235. The first-order valence-corrected chi connectivity index (χ1v) is 4.51. The maximum atomic E-state index is 12.1. The number of alkyl halides is 3. The molecule has 0 bridgehead atoms. The van der Waals surface area contributed by atoms with Crippen molar-refractivity contribution in [2.45, 2.75) is 13.0 Å². The maximum absolute atomic E-state index is 12.1. The molecule has 0 saturated carbocycles. The number of benzene rings is 1. The lowest BCUT2D eigenvalue weighted by molar-refractivity contribution is -0.274. The van der Waals surface area contributed by atoms with Crippen molar-refractivity contribution in [3.8, 4) is 5.75 Å². The minimum absolute atomic E-state index is 0.0133. The zero-order valence-electron chi connectivity index (χ0n) is 8.86. The summed E-state index contributed by atoms with van der Waals surface area (Å²) >= 11 is 0. The molecule has 0 heterocycles. The summed E-state index contributed by atoms with van der Waals surface area (Å²) in [6.07, 6.45) is -3.93. The second-order valence-electron chi connectivity index (χ2n) is 3.10. The molecular weight excluding hydrogens is 239 g/mol. The Bertz CT molecular complexity index is 404. The number of methoxy groups -OCH3 is 1. The molecule has 0 fully saturated rings. The van der Waals surface area contributed by atoms with Gasteiger partial charge in [-0.3, -0.25) is 0 Å². The van der Waals surface area contributed by atoms with Crippen molar-refractivity contribution in [1.29, 1.82) is 0 Å². The smallest absolute Gasteiger partial charge is 0.411 e. The second kappa shape index (κ2) is 5.53. The van der Waals surface area contributed by atoms with Crippen LogP contribution in [-0.2, 0) is 11.3 Å². The molecular formula is C10H10F3NO3. The number of hydrogen-bond donors (Lipinski definition) is 1. The predicted octanol–water partition coefficient (Wildman–Crippen LogP) is 2.54. The Labute approximate surface area is 95.3 Å². The molecule has 0 atom stereocenters. The first-order chi connectivity index (χ1) is 7.96. The van der Waals surface area contributed by atoms with Crippen molar-refractivity contribution >= 4 is 6.21 Å². The van der Waals surface area contributed by atoms with Gasteiger partial charge in [-0.1, -0.05) is 11.2 Å². The van der Waals surface area contributed by atoms with Crippen LogP contribution in [0.4, 0.5) is 13.2 Å². The van der Waals surface area contributed by atoms with E-state index in [-0.39, 0.29) is 12.2 Å². The highest BCUT2D eigenvalue weighted by atomic mass is 19.4. The number of halogens is 3. The van der Waals surface area contributed by atoms with Crippen LogP contribution in [0.5, 0.6) is 5.75 Å². The molecule has 1 aromatic carbocycles. The van der Waals surface area contributed by atoms with Crippen LogP contribution in [0.15, 0.2) is 23.4 Å². The standard InChI is InChI=1S/C10H10F3NO3/c1-16-6-7-2-3-9(17-10(11,12)13)8(4-7)5-14-15/h2-5,15H,6H2,1H3/b14-5+. The molecule has 1 rings (SSSR count). The van der Waals surface area contributed by atoms with E-state index in [0.29, 0.717) is 5.56 Å². The molecule has 0 radical (unpaired) electrons. The van der Waals surface area contributed by atoms with E-state index < -0.39 is 12.1 Å². The number of ether oxygens (including phenoxy) is 2. The van der Waals surface area contributed by atoms with E-state index >= 15 is 0 Å². The molecule has 1 aromatic rings. The minimum atomic E-state index is -4.79. The summed E-state index contributed by atoms with van der Waals surface area (Å²) in [6, 6.07) is 3.95. The summed E-state index contributed by atoms with van der Waals surface area (Å²) in [5, 5.41) is 11.0. The highest BCUT2D eigenvalue weighted by molar-refractivity contribution is 5.83. The van der Waals surface area contributed by atoms with Gasteiger partial charge in [-0.05, 0) is 17.7 Å². The molecule has 17 heavy (non-hydrogen) atoms. The van der Waals surface area contributed by atoms with Gasteiger partial charge in [0.2, 0.25) is 0 Å². The van der Waals surface area contributed by atoms with Gasteiger partial charge in [-0.2, -0.15) is 0 Å². The molecule has 4 nitrogen and oxygen atoms in total. The van der Waals surface area contributed by atoms with E-state index in [1.807, 2.05) is 0 Å². The van der Waals surface area contributed by atoms with Gasteiger partial charge in [0.15, 0.2) is 0 Å². The fraction of sp³-hybridized carbons (Fsp3) is 0.300. The molecule has 0 saturated heterocycles. The van der Waals surface area contributed by atoms with Crippen LogP contribution < -0.4 is 4.74 Å². The van der Waals surface area contributed by atoms with Crippen LogP contribution in [0.3, 0.4) is 0 Å². The van der Waals surface area contributed by atoms with Gasteiger partial charge < -0.3 is 14.7 Å². The van der Waals surface area contributed by atoms with Crippen LogP contribution in [0.25, 0.3) is 0 Å². The predicted molar refractivity (Wildman–Crippen MR) is 53.2 cm³/mol. The lowest BCUT2D eigenvalue weighted by Gasteiger charge is -2.12. The zero-order chi connectivity index (χ0) is 12.9. The summed E-state index contributed by atoms with van der Waals surface area (Å²) < 4.78 is 44.8. The number of rotatable bonds is 4. The molecule has 0 spiro atoms. The summed E-state index contributed by atoms with van der Waals surface area (Å²) in [4.78, 5) is 0. The summed E-state index contributed by atoms with van der Waals surface area (Å²) in [5.74, 6) is -0.435. The van der Waals surface area contributed by atoms with Gasteiger partial charge in [-0.15, -0.1) is 13.2 Å². The average molecular weight is 249 g/mol. The zero-order valence-corrected chi connectivity index (χ0v) is 8.86. The van der Waals surface area contributed by atoms with Crippen molar-refractivity contribution in [3.63, 3.8) is 0 Å². The molecule has 0 amide bonds. The van der Waals surface area contributed by atoms with E-state index in [9.17, 15) is 13.2 Å². The van der Waals surface area contributed by atoms with E-state index in [4.69, 9.17) is 9.94 Å². The molecule has 0 aromatic heterocycles. The van der Waals surface area contributed by atoms with Crippen LogP contribution in [-0.4, -0.2) is 24.9 Å². The van der Waals surface area contributed by atoms with Gasteiger partial charge in [-0.25, -0.2) is 0 Å². The molecule has 94 valence electrons. The minimum Gasteiger partial charge on any atom is -0.411 e. The molecule has 0 aliphatic rings. The molecule has 0 unspecified atom stereocenters. The normalized spacial score (nSPS) is 12.0. The first kappa shape index (κ1) is 13.3. The van der Waals surface area contributed by atoms with E-state index in [1.165, 1.54) is 19.2 Å². The second-order valence-corrected chi connectivity index (χ2v) is 3.10. The fourth-order valence-electron chi connectivity index (χ4n) is 1.24. The van der Waals surface area contributed by atoms with Crippen molar-refractivity contribution in [3.05, 3.63) is 29.3 Å². The van der Waals surface area contributed by atoms with Crippen molar-refractivity contribution < 1.29 is 27.9 Å². The van der Waals surface area contributed by atoms with Gasteiger partial charge in [0, 0.05) is 12.7 Å². The SMILES string of the molecule is COCc1ccc(OC(F)(F)F)c(/C=N/O)c1. The number of hydrogen-bond acceptors (Lipinski definition) is 4. The Balaban J connectivity index is 3.04. The fourth-order valence-corrected chi connectivity index (χ4v) is 1.24. The molecule has 1 N–H and O–H groups in total. The van der Waals surface area contributed by atoms with Crippen molar-refractivity contribution in [2.75, 3.05) is 7.11 Å². The monoisotopic (exact) mass is 249 g/mol. The molecule has 0 aliphatic heterocycles. The van der Waals surface area contributed by atoms with Crippen molar-refractivity contribution in [1.82, 2.24) is 0 Å². The largest absolute Gasteiger partial charge is 0.573 e. The third kappa shape index (κ3) is 4.31. The van der Waals surface area contributed by atoms with Crippen LogP contribution in [0.1, 0.15) is 11.1 Å².